The smallest absolute Gasteiger partial charge is 0.336 e. The van der Waals surface area contributed by atoms with Crippen molar-refractivity contribution in [3.05, 3.63) is 29.8 Å². The fourth-order valence-corrected chi connectivity index (χ4v) is 1.53. The second-order valence-corrected chi connectivity index (χ2v) is 4.18. The molecule has 0 heterocycles. The summed E-state index contributed by atoms with van der Waals surface area (Å²) < 4.78 is 4.70. The Morgan fingerprint density at radius 2 is 2.11 bits per heavy atom. The molecule has 0 bridgehead atoms. The second-order valence-electron chi connectivity index (χ2n) is 4.18. The van der Waals surface area contributed by atoms with Crippen LogP contribution >= 0.6 is 0 Å². The maximum Gasteiger partial charge on any atom is 0.336 e. The maximum absolute atomic E-state index is 11.2. The van der Waals surface area contributed by atoms with E-state index < -0.39 is 12.1 Å². The molecule has 18 heavy (non-hydrogen) atoms. The molecule has 0 fully saturated rings. The van der Waals surface area contributed by atoms with Crippen LogP contribution in [0.15, 0.2) is 24.3 Å². The highest BCUT2D eigenvalue weighted by atomic mass is 16.5. The van der Waals surface area contributed by atoms with Crippen LogP contribution in [-0.2, 0) is 16.1 Å². The van der Waals surface area contributed by atoms with Crippen LogP contribution in [-0.4, -0.2) is 43.2 Å². The maximum atomic E-state index is 11.2. The minimum absolute atomic E-state index is 0.0483. The molecule has 5 nitrogen and oxygen atoms in total. The molecule has 3 N–H and O–H groups in total. The summed E-state index contributed by atoms with van der Waals surface area (Å²) in [6, 6.07) is 7.91. The van der Waals surface area contributed by atoms with Crippen molar-refractivity contribution in [2.45, 2.75) is 19.6 Å². The van der Waals surface area contributed by atoms with E-state index in [1.807, 2.05) is 32.1 Å². The third-order valence-electron chi connectivity index (χ3n) is 2.47. The van der Waals surface area contributed by atoms with E-state index in [9.17, 15) is 9.90 Å². The van der Waals surface area contributed by atoms with Crippen LogP contribution in [0.25, 0.3) is 0 Å². The molecule has 1 rings (SSSR count). The van der Waals surface area contributed by atoms with Gasteiger partial charge in [-0.1, -0.05) is 29.7 Å². The van der Waals surface area contributed by atoms with Crippen LogP contribution in [0.3, 0.4) is 0 Å². The number of nitrogens with two attached hydrogens (primary N) is 1. The highest BCUT2D eigenvalue weighted by Gasteiger charge is 2.18. The van der Waals surface area contributed by atoms with Crippen molar-refractivity contribution >= 4 is 19.3 Å². The number of rotatable bonds is 6. The number of esters is 1. The number of ether oxygens (including phenoxy) is 1. The van der Waals surface area contributed by atoms with Gasteiger partial charge in [0, 0.05) is 6.54 Å². The van der Waals surface area contributed by atoms with Crippen molar-refractivity contribution in [3.8, 4) is 0 Å². The minimum Gasteiger partial charge on any atom is -0.464 e. The molecule has 0 amide bonds. The molecule has 0 spiro atoms. The van der Waals surface area contributed by atoms with Gasteiger partial charge in [0.25, 0.3) is 0 Å². The van der Waals surface area contributed by atoms with Crippen molar-refractivity contribution in [2.24, 2.45) is 5.84 Å². The Morgan fingerprint density at radius 1 is 1.50 bits per heavy atom. The molecule has 0 unspecified atom stereocenters. The number of carbonyl (C=O) groups is 1. The van der Waals surface area contributed by atoms with Gasteiger partial charge in [0.05, 0.1) is 13.2 Å². The van der Waals surface area contributed by atoms with E-state index in [-0.39, 0.29) is 13.2 Å². The normalized spacial score (nSPS) is 12.4. The Hall–Kier alpha value is -1.37. The summed E-state index contributed by atoms with van der Waals surface area (Å²) in [4.78, 5) is 11.2. The number of carbonyl (C=O) groups excluding carboxylic acids is 1. The summed E-state index contributed by atoms with van der Waals surface area (Å²) in [6.07, 6.45) is -1.21. The van der Waals surface area contributed by atoms with Crippen molar-refractivity contribution < 1.29 is 14.6 Å². The Bertz CT molecular complexity index is 383. The molecule has 0 aliphatic rings. The van der Waals surface area contributed by atoms with Crippen LogP contribution in [0.1, 0.15) is 12.5 Å². The minimum atomic E-state index is -1.21. The number of hydrogen-bond acceptors (Lipinski definition) is 5. The molecule has 0 aliphatic carbocycles. The molecular weight excluding hydrogens is 231 g/mol. The predicted molar refractivity (Wildman–Crippen MR) is 71.9 cm³/mol. The van der Waals surface area contributed by atoms with E-state index in [0.717, 1.165) is 5.56 Å². The molecular formula is C12H19BN2O3. The Balaban J connectivity index is 2.43. The van der Waals surface area contributed by atoms with E-state index >= 15 is 0 Å². The van der Waals surface area contributed by atoms with Crippen LogP contribution in [0.2, 0.25) is 0 Å². The van der Waals surface area contributed by atoms with Gasteiger partial charge < -0.3 is 9.84 Å². The summed E-state index contributed by atoms with van der Waals surface area (Å²) >= 11 is 0. The van der Waals surface area contributed by atoms with Gasteiger partial charge in [0.15, 0.2) is 6.10 Å². The fraction of sp³-hybridized carbons (Fsp3) is 0.417. The molecule has 0 aliphatic heterocycles. The molecule has 6 heteroatoms. The Labute approximate surface area is 108 Å². The SMILES string of the molecule is Bc1ccc(CN(N)C[C@@H](O)C(=O)OCC)cc1. The molecule has 1 atom stereocenters. The first kappa shape index (κ1) is 14.7. The van der Waals surface area contributed by atoms with Crippen LogP contribution < -0.4 is 11.3 Å². The molecule has 0 radical (unpaired) electrons. The zero-order chi connectivity index (χ0) is 13.5. The summed E-state index contributed by atoms with van der Waals surface area (Å²) in [6.45, 7) is 2.46. The predicted octanol–water partition coefficient (Wildman–Crippen LogP) is -1.46. The third-order valence-corrected chi connectivity index (χ3v) is 2.47. The second kappa shape index (κ2) is 7.15. The van der Waals surface area contributed by atoms with Crippen molar-refractivity contribution in [1.82, 2.24) is 5.01 Å². The molecule has 0 saturated heterocycles. The lowest BCUT2D eigenvalue weighted by Crippen LogP contribution is -2.41. The van der Waals surface area contributed by atoms with Crippen molar-refractivity contribution in [3.63, 3.8) is 0 Å². The Morgan fingerprint density at radius 3 is 2.67 bits per heavy atom. The largest absolute Gasteiger partial charge is 0.464 e. The zero-order valence-corrected chi connectivity index (χ0v) is 10.8. The summed E-state index contributed by atoms with van der Waals surface area (Å²) in [5, 5.41) is 10.9. The quantitative estimate of drug-likeness (QED) is 0.279. The first-order chi connectivity index (χ1) is 8.52. The number of hydrogen-bond donors (Lipinski definition) is 2. The Kier molecular flexibility index (Phi) is 5.84. The average Bonchev–Trinajstić information content (AvgIpc) is 2.32. The van der Waals surface area contributed by atoms with Gasteiger partial charge in [-0.15, -0.1) is 0 Å². The van der Waals surface area contributed by atoms with Crippen LogP contribution in [0, 0.1) is 0 Å². The lowest BCUT2D eigenvalue weighted by molar-refractivity contribution is -0.154. The topological polar surface area (TPSA) is 75.8 Å². The number of aliphatic hydroxyl groups is 1. The van der Waals surface area contributed by atoms with Gasteiger partial charge in [-0.2, -0.15) is 0 Å². The first-order valence-corrected chi connectivity index (χ1v) is 5.92. The van der Waals surface area contributed by atoms with Gasteiger partial charge in [-0.3, -0.25) is 5.84 Å². The zero-order valence-electron chi connectivity index (χ0n) is 10.8. The summed E-state index contributed by atoms with van der Waals surface area (Å²) in [5.41, 5.74) is 2.20. The first-order valence-electron chi connectivity index (χ1n) is 5.92. The van der Waals surface area contributed by atoms with Gasteiger partial charge in [-0.25, -0.2) is 9.80 Å². The van der Waals surface area contributed by atoms with Gasteiger partial charge >= 0.3 is 5.97 Å². The van der Waals surface area contributed by atoms with E-state index in [0.29, 0.717) is 6.54 Å². The number of aliphatic hydroxyl groups excluding tert-OH is 1. The lowest BCUT2D eigenvalue weighted by Gasteiger charge is -2.19. The monoisotopic (exact) mass is 250 g/mol. The fourth-order valence-electron chi connectivity index (χ4n) is 1.53. The summed E-state index contributed by atoms with van der Waals surface area (Å²) in [7, 11) is 2.01. The molecule has 0 aromatic heterocycles. The van der Waals surface area contributed by atoms with Crippen LogP contribution in [0.4, 0.5) is 0 Å². The van der Waals surface area contributed by atoms with Crippen molar-refractivity contribution in [2.75, 3.05) is 13.2 Å². The number of benzene rings is 1. The third kappa shape index (κ3) is 4.87. The molecule has 98 valence electrons. The van der Waals surface area contributed by atoms with Gasteiger partial charge in [0.2, 0.25) is 0 Å². The van der Waals surface area contributed by atoms with E-state index in [2.05, 4.69) is 0 Å². The van der Waals surface area contributed by atoms with Gasteiger partial charge in [-0.05, 0) is 12.5 Å². The number of hydrazine groups is 1. The molecule has 1 aromatic rings. The van der Waals surface area contributed by atoms with E-state index in [1.165, 1.54) is 10.5 Å². The highest BCUT2D eigenvalue weighted by Crippen LogP contribution is 2.01. The van der Waals surface area contributed by atoms with E-state index in [1.54, 1.807) is 6.92 Å². The van der Waals surface area contributed by atoms with E-state index in [4.69, 9.17) is 10.6 Å². The standard InChI is InChI=1S/C12H19BN2O3/c1-2-18-12(17)11(16)8-15(14)7-9-3-5-10(13)6-4-9/h3-6,11,16H,2,7-8,13-14H2,1H3/t11-/m1/s1. The number of nitrogens with zero attached hydrogens (tertiary/aromatic N) is 1. The van der Waals surface area contributed by atoms with Crippen molar-refractivity contribution in [1.29, 1.82) is 0 Å². The molecule has 1 aromatic carbocycles. The average molecular weight is 250 g/mol. The summed E-state index contributed by atoms with van der Waals surface area (Å²) in [5.74, 6) is 5.10. The van der Waals surface area contributed by atoms with Gasteiger partial charge in [0.1, 0.15) is 7.85 Å². The molecule has 0 saturated carbocycles. The lowest BCUT2D eigenvalue weighted by atomic mass is 9.95. The highest BCUT2D eigenvalue weighted by molar-refractivity contribution is 6.32. The van der Waals surface area contributed by atoms with Crippen LogP contribution in [0.5, 0.6) is 0 Å².